The highest BCUT2D eigenvalue weighted by Gasteiger charge is 2.09. The molecule has 86 valence electrons. The third-order valence-corrected chi connectivity index (χ3v) is 2.34. The largest absolute Gasteiger partial charge is 0.371 e. The van der Waals surface area contributed by atoms with E-state index in [-0.39, 0.29) is 5.82 Å². The Bertz CT molecular complexity index is 393. The first-order chi connectivity index (χ1) is 7.56. The van der Waals surface area contributed by atoms with Gasteiger partial charge in [-0.2, -0.15) is 5.26 Å². The summed E-state index contributed by atoms with van der Waals surface area (Å²) in [6, 6.07) is 6.44. The summed E-state index contributed by atoms with van der Waals surface area (Å²) < 4.78 is 13.3. The van der Waals surface area contributed by atoms with Crippen molar-refractivity contribution in [1.29, 1.82) is 5.26 Å². The van der Waals surface area contributed by atoms with Gasteiger partial charge in [0.25, 0.3) is 0 Å². The highest BCUT2D eigenvalue weighted by atomic mass is 19.1. The maximum absolute atomic E-state index is 13.3. The van der Waals surface area contributed by atoms with Crippen LogP contribution in [0.4, 0.5) is 10.1 Å². The number of hydrogen-bond donors (Lipinski definition) is 0. The van der Waals surface area contributed by atoms with Gasteiger partial charge in [0.2, 0.25) is 0 Å². The van der Waals surface area contributed by atoms with E-state index in [1.54, 1.807) is 6.07 Å². The molecular formula is C13H17FN2. The monoisotopic (exact) mass is 220 g/mol. The van der Waals surface area contributed by atoms with Gasteiger partial charge in [-0.3, -0.25) is 0 Å². The molecule has 1 aromatic carbocycles. The number of nitriles is 1. The van der Waals surface area contributed by atoms with Crippen LogP contribution in [0.2, 0.25) is 0 Å². The van der Waals surface area contributed by atoms with E-state index in [4.69, 9.17) is 5.26 Å². The van der Waals surface area contributed by atoms with Gasteiger partial charge in [0, 0.05) is 18.8 Å². The quantitative estimate of drug-likeness (QED) is 0.779. The molecule has 0 heterocycles. The molecule has 0 saturated carbocycles. The van der Waals surface area contributed by atoms with Crippen molar-refractivity contribution in [3.63, 3.8) is 0 Å². The first-order valence-electron chi connectivity index (χ1n) is 5.52. The zero-order valence-corrected chi connectivity index (χ0v) is 10.00. The number of anilines is 1. The molecule has 0 unspecified atom stereocenters. The molecule has 0 aromatic heterocycles. The average molecular weight is 220 g/mol. The lowest BCUT2D eigenvalue weighted by Gasteiger charge is -2.25. The minimum absolute atomic E-state index is 0.351. The van der Waals surface area contributed by atoms with E-state index in [9.17, 15) is 4.39 Å². The van der Waals surface area contributed by atoms with E-state index >= 15 is 0 Å². The van der Waals surface area contributed by atoms with Gasteiger partial charge in [-0.25, -0.2) is 4.39 Å². The molecule has 0 radical (unpaired) electrons. The molecular weight excluding hydrogens is 203 g/mol. The van der Waals surface area contributed by atoms with Gasteiger partial charge in [0.1, 0.15) is 5.82 Å². The zero-order chi connectivity index (χ0) is 12.1. The first kappa shape index (κ1) is 12.5. The molecule has 0 saturated heterocycles. The number of nitrogens with zero attached hydrogens (tertiary/aromatic N) is 2. The molecule has 0 atom stereocenters. The Labute approximate surface area is 96.3 Å². The van der Waals surface area contributed by atoms with Crippen molar-refractivity contribution in [2.45, 2.75) is 20.8 Å². The average Bonchev–Trinajstić information content (AvgIpc) is 2.24. The normalized spacial score (nSPS) is 10.2. The summed E-state index contributed by atoms with van der Waals surface area (Å²) in [6.45, 7) is 7.94. The third kappa shape index (κ3) is 3.23. The highest BCUT2D eigenvalue weighted by molar-refractivity contribution is 5.51. The van der Waals surface area contributed by atoms with Crippen LogP contribution in [0, 0.1) is 23.1 Å². The van der Waals surface area contributed by atoms with Crippen LogP contribution in [-0.2, 0) is 0 Å². The fourth-order valence-electron chi connectivity index (χ4n) is 1.68. The van der Waals surface area contributed by atoms with Crippen molar-refractivity contribution < 1.29 is 4.39 Å². The van der Waals surface area contributed by atoms with Gasteiger partial charge >= 0.3 is 0 Å². The van der Waals surface area contributed by atoms with Gasteiger partial charge in [-0.1, -0.05) is 13.8 Å². The van der Waals surface area contributed by atoms with Gasteiger partial charge in [-0.15, -0.1) is 0 Å². The topological polar surface area (TPSA) is 27.0 Å². The number of halogens is 1. The molecule has 3 heteroatoms. The number of hydrogen-bond acceptors (Lipinski definition) is 2. The molecule has 0 amide bonds. The molecule has 1 rings (SSSR count). The second-order valence-electron chi connectivity index (χ2n) is 4.24. The van der Waals surface area contributed by atoms with Crippen molar-refractivity contribution in [3.8, 4) is 6.07 Å². The molecule has 0 fully saturated rings. The summed E-state index contributed by atoms with van der Waals surface area (Å²) in [5.41, 5.74) is 1.16. The minimum atomic E-state index is -0.351. The maximum atomic E-state index is 13.3. The van der Waals surface area contributed by atoms with E-state index < -0.39 is 0 Å². The van der Waals surface area contributed by atoms with Crippen LogP contribution in [0.25, 0.3) is 0 Å². The Morgan fingerprint density at radius 2 is 2.06 bits per heavy atom. The molecule has 2 nitrogen and oxygen atoms in total. The molecule has 0 aliphatic heterocycles. The maximum Gasteiger partial charge on any atom is 0.126 e. The zero-order valence-electron chi connectivity index (χ0n) is 10.00. The van der Waals surface area contributed by atoms with Crippen LogP contribution in [0.15, 0.2) is 18.2 Å². The molecule has 0 bridgehead atoms. The second kappa shape index (κ2) is 5.50. The van der Waals surface area contributed by atoms with Crippen LogP contribution in [0.3, 0.4) is 0 Å². The predicted molar refractivity (Wildman–Crippen MR) is 63.8 cm³/mol. The Morgan fingerprint density at radius 1 is 1.38 bits per heavy atom. The Morgan fingerprint density at radius 3 is 2.56 bits per heavy atom. The minimum Gasteiger partial charge on any atom is -0.371 e. The van der Waals surface area contributed by atoms with Crippen LogP contribution in [0.1, 0.15) is 26.3 Å². The van der Waals surface area contributed by atoms with E-state index in [0.717, 1.165) is 18.8 Å². The summed E-state index contributed by atoms with van der Waals surface area (Å²) in [5, 5.41) is 8.79. The van der Waals surface area contributed by atoms with Gasteiger partial charge in [0.15, 0.2) is 0 Å². The van der Waals surface area contributed by atoms with Gasteiger partial charge in [0.05, 0.1) is 11.6 Å². The molecule has 0 aliphatic carbocycles. The number of benzene rings is 1. The van der Waals surface area contributed by atoms with E-state index in [2.05, 4.69) is 18.7 Å². The molecule has 0 spiro atoms. The standard InChI is InChI=1S/C13H17FN2/c1-4-16(9-10(2)3)13-6-11(8-15)5-12(14)7-13/h5-7,10H,4,9H2,1-3H3. The first-order valence-corrected chi connectivity index (χ1v) is 5.52. The van der Waals surface area contributed by atoms with Crippen molar-refractivity contribution in [3.05, 3.63) is 29.6 Å². The number of rotatable bonds is 4. The second-order valence-corrected chi connectivity index (χ2v) is 4.24. The fourth-order valence-corrected chi connectivity index (χ4v) is 1.68. The van der Waals surface area contributed by atoms with E-state index in [1.807, 2.05) is 13.0 Å². The van der Waals surface area contributed by atoms with Crippen molar-refractivity contribution in [2.75, 3.05) is 18.0 Å². The van der Waals surface area contributed by atoms with Crippen LogP contribution < -0.4 is 4.90 Å². The smallest absolute Gasteiger partial charge is 0.126 e. The van der Waals surface area contributed by atoms with Crippen molar-refractivity contribution >= 4 is 5.69 Å². The van der Waals surface area contributed by atoms with Crippen LogP contribution in [-0.4, -0.2) is 13.1 Å². The lowest BCUT2D eigenvalue weighted by molar-refractivity contribution is 0.608. The van der Waals surface area contributed by atoms with Crippen LogP contribution in [0.5, 0.6) is 0 Å². The summed E-state index contributed by atoms with van der Waals surface area (Å²) in [7, 11) is 0. The fraction of sp³-hybridized carbons (Fsp3) is 0.462. The molecule has 16 heavy (non-hydrogen) atoms. The summed E-state index contributed by atoms with van der Waals surface area (Å²) in [6.07, 6.45) is 0. The Kier molecular flexibility index (Phi) is 4.30. The lowest BCUT2D eigenvalue weighted by Crippen LogP contribution is -2.27. The Hall–Kier alpha value is -1.56. The van der Waals surface area contributed by atoms with E-state index in [0.29, 0.717) is 11.5 Å². The summed E-state index contributed by atoms with van der Waals surface area (Å²) in [4.78, 5) is 2.08. The summed E-state index contributed by atoms with van der Waals surface area (Å²) >= 11 is 0. The Balaban J connectivity index is 3.01. The third-order valence-electron chi connectivity index (χ3n) is 2.34. The van der Waals surface area contributed by atoms with Crippen molar-refractivity contribution in [1.82, 2.24) is 0 Å². The van der Waals surface area contributed by atoms with Gasteiger partial charge in [-0.05, 0) is 31.0 Å². The SMILES string of the molecule is CCN(CC(C)C)c1cc(F)cc(C#N)c1. The molecule has 0 aliphatic rings. The van der Waals surface area contributed by atoms with Crippen LogP contribution >= 0.6 is 0 Å². The van der Waals surface area contributed by atoms with Gasteiger partial charge < -0.3 is 4.90 Å². The summed E-state index contributed by atoms with van der Waals surface area (Å²) in [5.74, 6) is 0.157. The molecule has 0 N–H and O–H groups in total. The predicted octanol–water partition coefficient (Wildman–Crippen LogP) is 3.18. The highest BCUT2D eigenvalue weighted by Crippen LogP contribution is 2.19. The van der Waals surface area contributed by atoms with Crippen molar-refractivity contribution in [2.24, 2.45) is 5.92 Å². The lowest BCUT2D eigenvalue weighted by atomic mass is 10.1. The van der Waals surface area contributed by atoms with E-state index in [1.165, 1.54) is 12.1 Å². The molecule has 1 aromatic rings.